The molecule has 0 saturated carbocycles. The van der Waals surface area contributed by atoms with Gasteiger partial charge in [0.15, 0.2) is 0 Å². The molecular weight excluding hydrogens is 424 g/mol. The van der Waals surface area contributed by atoms with Crippen molar-refractivity contribution < 1.29 is 9.53 Å². The molecule has 1 heterocycles. The Morgan fingerprint density at radius 3 is 2.18 bits per heavy atom. The minimum absolute atomic E-state index is 0.215. The van der Waals surface area contributed by atoms with Crippen molar-refractivity contribution in [2.75, 3.05) is 37.7 Å². The largest absolute Gasteiger partial charge is 0.494 e. The van der Waals surface area contributed by atoms with Crippen molar-refractivity contribution in [2.45, 2.75) is 20.4 Å². The van der Waals surface area contributed by atoms with Crippen molar-refractivity contribution in [1.29, 1.82) is 0 Å². The van der Waals surface area contributed by atoms with Crippen LogP contribution in [0.5, 0.6) is 5.75 Å². The van der Waals surface area contributed by atoms with E-state index in [0.29, 0.717) is 12.2 Å². The molecule has 4 rings (SSSR count). The van der Waals surface area contributed by atoms with Crippen molar-refractivity contribution in [3.8, 4) is 5.75 Å². The molecule has 6 heteroatoms. The van der Waals surface area contributed by atoms with Crippen LogP contribution in [0.15, 0.2) is 84.0 Å². The van der Waals surface area contributed by atoms with Gasteiger partial charge in [0.2, 0.25) is 0 Å². The zero-order chi connectivity index (χ0) is 23.8. The van der Waals surface area contributed by atoms with Gasteiger partial charge in [-0.1, -0.05) is 30.3 Å². The summed E-state index contributed by atoms with van der Waals surface area (Å²) in [6.07, 6.45) is 0. The molecule has 1 aliphatic heterocycles. The predicted molar refractivity (Wildman–Crippen MR) is 138 cm³/mol. The van der Waals surface area contributed by atoms with E-state index in [2.05, 4.69) is 50.7 Å². The zero-order valence-corrected chi connectivity index (χ0v) is 19.9. The molecule has 1 amide bonds. The van der Waals surface area contributed by atoms with Crippen molar-refractivity contribution in [2.24, 2.45) is 5.10 Å². The minimum atomic E-state index is -0.215. The highest BCUT2D eigenvalue weighted by molar-refractivity contribution is 6.00. The number of hydrogen-bond acceptors (Lipinski definition) is 5. The topological polar surface area (TPSA) is 57.2 Å². The fourth-order valence-corrected chi connectivity index (χ4v) is 4.05. The van der Waals surface area contributed by atoms with Crippen LogP contribution in [0.25, 0.3) is 0 Å². The number of rotatable bonds is 8. The molecule has 6 nitrogen and oxygen atoms in total. The van der Waals surface area contributed by atoms with E-state index in [1.807, 2.05) is 62.4 Å². The lowest BCUT2D eigenvalue weighted by atomic mass is 10.1. The lowest BCUT2D eigenvalue weighted by molar-refractivity contribution is 0.0955. The number of carbonyl (C=O) groups is 1. The standard InChI is InChI=1S/C28H32N4O2/c1-3-34-27-15-13-24(14-16-27)22(2)29-30-28(33)25-11-9-23(10-12-25)21-31-17-19-32(20-18-31)26-7-5-4-6-8-26/h4-16H,3,17-21H2,1-2H3,(H,30,33). The summed E-state index contributed by atoms with van der Waals surface area (Å²) in [5.74, 6) is 0.606. The number of piperazine rings is 1. The summed E-state index contributed by atoms with van der Waals surface area (Å²) in [7, 11) is 0. The van der Waals surface area contributed by atoms with Gasteiger partial charge in [0, 0.05) is 44.0 Å². The molecule has 0 bridgehead atoms. The molecule has 1 fully saturated rings. The van der Waals surface area contributed by atoms with Crippen molar-refractivity contribution in [1.82, 2.24) is 10.3 Å². The SMILES string of the molecule is CCOc1ccc(C(C)=NNC(=O)c2ccc(CN3CCN(c4ccccc4)CC3)cc2)cc1. The second kappa shape index (κ2) is 11.5. The Hall–Kier alpha value is -3.64. The lowest BCUT2D eigenvalue weighted by Crippen LogP contribution is -2.45. The predicted octanol–water partition coefficient (Wildman–Crippen LogP) is 4.56. The number of anilines is 1. The van der Waals surface area contributed by atoms with Gasteiger partial charge in [-0.3, -0.25) is 9.69 Å². The second-order valence-electron chi connectivity index (χ2n) is 8.39. The van der Waals surface area contributed by atoms with E-state index in [1.165, 1.54) is 11.3 Å². The number of para-hydroxylation sites is 1. The summed E-state index contributed by atoms with van der Waals surface area (Å²) in [6, 6.07) is 26.0. The second-order valence-corrected chi connectivity index (χ2v) is 8.39. The highest BCUT2D eigenvalue weighted by Gasteiger charge is 2.17. The molecule has 0 aliphatic carbocycles. The summed E-state index contributed by atoms with van der Waals surface area (Å²) in [5, 5.41) is 4.26. The molecule has 1 saturated heterocycles. The average molecular weight is 457 g/mol. The van der Waals surface area contributed by atoms with Gasteiger partial charge in [-0.05, 0) is 73.5 Å². The van der Waals surface area contributed by atoms with Crippen LogP contribution in [0, 0.1) is 0 Å². The Bertz CT molecular complexity index is 1090. The fourth-order valence-electron chi connectivity index (χ4n) is 4.05. The first kappa shape index (κ1) is 23.5. The summed E-state index contributed by atoms with van der Waals surface area (Å²) in [4.78, 5) is 17.4. The quantitative estimate of drug-likeness (QED) is 0.399. The van der Waals surface area contributed by atoms with Crippen LogP contribution in [0.4, 0.5) is 5.69 Å². The lowest BCUT2D eigenvalue weighted by Gasteiger charge is -2.36. The van der Waals surface area contributed by atoms with Gasteiger partial charge in [-0.2, -0.15) is 5.10 Å². The Kier molecular flexibility index (Phi) is 7.94. The highest BCUT2D eigenvalue weighted by atomic mass is 16.5. The Balaban J connectivity index is 1.27. The van der Waals surface area contributed by atoms with Crippen LogP contribution < -0.4 is 15.1 Å². The molecule has 0 spiro atoms. The fraction of sp³-hybridized carbons (Fsp3) is 0.286. The van der Waals surface area contributed by atoms with E-state index in [9.17, 15) is 4.79 Å². The van der Waals surface area contributed by atoms with Crippen LogP contribution in [0.3, 0.4) is 0 Å². The number of carbonyl (C=O) groups excluding carboxylic acids is 1. The molecular formula is C28H32N4O2. The highest BCUT2D eigenvalue weighted by Crippen LogP contribution is 2.17. The number of hydrazone groups is 1. The third-order valence-corrected chi connectivity index (χ3v) is 6.02. The van der Waals surface area contributed by atoms with Crippen LogP contribution in [-0.4, -0.2) is 49.3 Å². The van der Waals surface area contributed by atoms with Gasteiger partial charge < -0.3 is 9.64 Å². The third-order valence-electron chi connectivity index (χ3n) is 6.02. The van der Waals surface area contributed by atoms with Crippen LogP contribution >= 0.6 is 0 Å². The average Bonchev–Trinajstić information content (AvgIpc) is 2.89. The smallest absolute Gasteiger partial charge is 0.271 e. The summed E-state index contributed by atoms with van der Waals surface area (Å²) in [5.41, 5.74) is 7.43. The number of hydrogen-bond donors (Lipinski definition) is 1. The molecule has 3 aromatic carbocycles. The Labute approximate surface area is 201 Å². The summed E-state index contributed by atoms with van der Waals surface area (Å²) in [6.45, 7) is 9.44. The van der Waals surface area contributed by atoms with E-state index < -0.39 is 0 Å². The van der Waals surface area contributed by atoms with Gasteiger partial charge in [-0.25, -0.2) is 5.43 Å². The number of nitrogens with zero attached hydrogens (tertiary/aromatic N) is 3. The molecule has 1 N–H and O–H groups in total. The van der Waals surface area contributed by atoms with E-state index in [1.54, 1.807) is 0 Å². The number of benzene rings is 3. The van der Waals surface area contributed by atoms with Crippen molar-refractivity contribution >= 4 is 17.3 Å². The van der Waals surface area contributed by atoms with Gasteiger partial charge in [0.1, 0.15) is 5.75 Å². The minimum Gasteiger partial charge on any atom is -0.494 e. The molecule has 0 aromatic heterocycles. The molecule has 3 aromatic rings. The van der Waals surface area contributed by atoms with Gasteiger partial charge in [0.25, 0.3) is 5.91 Å². The van der Waals surface area contributed by atoms with Gasteiger partial charge >= 0.3 is 0 Å². The molecule has 0 atom stereocenters. The first-order valence-electron chi connectivity index (χ1n) is 11.8. The zero-order valence-electron chi connectivity index (χ0n) is 19.9. The van der Waals surface area contributed by atoms with Gasteiger partial charge in [0.05, 0.1) is 12.3 Å². The molecule has 1 aliphatic rings. The first-order chi connectivity index (χ1) is 16.6. The Morgan fingerprint density at radius 2 is 1.53 bits per heavy atom. The molecule has 176 valence electrons. The maximum absolute atomic E-state index is 12.5. The Morgan fingerprint density at radius 1 is 0.882 bits per heavy atom. The van der Waals surface area contributed by atoms with Crippen LogP contribution in [0.1, 0.15) is 35.3 Å². The van der Waals surface area contributed by atoms with Crippen molar-refractivity contribution in [3.63, 3.8) is 0 Å². The normalized spacial score (nSPS) is 14.6. The van der Waals surface area contributed by atoms with E-state index in [-0.39, 0.29) is 5.91 Å². The number of amides is 1. The number of nitrogens with one attached hydrogen (secondary N) is 1. The summed E-state index contributed by atoms with van der Waals surface area (Å²) >= 11 is 0. The molecule has 0 unspecified atom stereocenters. The van der Waals surface area contributed by atoms with E-state index >= 15 is 0 Å². The van der Waals surface area contributed by atoms with Crippen LogP contribution in [-0.2, 0) is 6.54 Å². The summed E-state index contributed by atoms with van der Waals surface area (Å²) < 4.78 is 5.46. The molecule has 34 heavy (non-hydrogen) atoms. The van der Waals surface area contributed by atoms with E-state index in [4.69, 9.17) is 4.74 Å². The maximum atomic E-state index is 12.5. The first-order valence-corrected chi connectivity index (χ1v) is 11.8. The molecule has 0 radical (unpaired) electrons. The van der Waals surface area contributed by atoms with E-state index in [0.717, 1.165) is 49.7 Å². The van der Waals surface area contributed by atoms with Gasteiger partial charge in [-0.15, -0.1) is 0 Å². The maximum Gasteiger partial charge on any atom is 0.271 e. The van der Waals surface area contributed by atoms with Crippen LogP contribution in [0.2, 0.25) is 0 Å². The number of ether oxygens (including phenoxy) is 1. The van der Waals surface area contributed by atoms with Crippen molar-refractivity contribution in [3.05, 3.63) is 95.6 Å². The third kappa shape index (κ3) is 6.23. The monoisotopic (exact) mass is 456 g/mol.